The second-order valence-electron chi connectivity index (χ2n) is 5.88. The zero-order valence-electron chi connectivity index (χ0n) is 12.8. The third-order valence-electron chi connectivity index (χ3n) is 4.17. The van der Waals surface area contributed by atoms with E-state index in [1.54, 1.807) is 0 Å². The summed E-state index contributed by atoms with van der Waals surface area (Å²) in [6.07, 6.45) is 1.21. The van der Waals surface area contributed by atoms with Crippen molar-refractivity contribution >= 4 is 0 Å². The number of hydrogen-bond acceptors (Lipinski definition) is 2. The summed E-state index contributed by atoms with van der Waals surface area (Å²) in [5.74, 6) is -1.11. The van der Waals surface area contributed by atoms with Crippen LogP contribution in [0.2, 0.25) is 0 Å². The van der Waals surface area contributed by atoms with Crippen molar-refractivity contribution in [2.45, 2.75) is 64.6 Å². The topological polar surface area (TPSA) is 15.3 Å². The van der Waals surface area contributed by atoms with Crippen LogP contribution < -0.4 is 5.32 Å². The molecule has 120 valence electrons. The van der Waals surface area contributed by atoms with E-state index < -0.39 is 12.1 Å². The van der Waals surface area contributed by atoms with Gasteiger partial charge in [-0.2, -0.15) is 13.2 Å². The van der Waals surface area contributed by atoms with E-state index in [0.717, 1.165) is 45.3 Å². The quantitative estimate of drug-likeness (QED) is 0.732. The molecule has 2 unspecified atom stereocenters. The van der Waals surface area contributed by atoms with E-state index >= 15 is 0 Å². The van der Waals surface area contributed by atoms with Gasteiger partial charge >= 0.3 is 6.18 Å². The smallest absolute Gasteiger partial charge is 0.314 e. The minimum atomic E-state index is -4.02. The molecule has 0 aromatic carbocycles. The molecular formula is C15H29F3N2. The lowest BCUT2D eigenvalue weighted by Crippen LogP contribution is -2.42. The van der Waals surface area contributed by atoms with Crippen LogP contribution in [-0.2, 0) is 0 Å². The van der Waals surface area contributed by atoms with E-state index in [1.165, 1.54) is 0 Å². The van der Waals surface area contributed by atoms with Gasteiger partial charge in [0, 0.05) is 12.6 Å². The van der Waals surface area contributed by atoms with Gasteiger partial charge in [0.1, 0.15) is 0 Å². The van der Waals surface area contributed by atoms with Crippen molar-refractivity contribution in [2.24, 2.45) is 5.92 Å². The lowest BCUT2D eigenvalue weighted by molar-refractivity contribution is -0.186. The van der Waals surface area contributed by atoms with Gasteiger partial charge in [0.15, 0.2) is 0 Å². The van der Waals surface area contributed by atoms with Crippen LogP contribution in [0.4, 0.5) is 13.2 Å². The van der Waals surface area contributed by atoms with Crippen LogP contribution in [0.15, 0.2) is 0 Å². The minimum absolute atomic E-state index is 0.197. The Balaban J connectivity index is 2.24. The van der Waals surface area contributed by atoms with Crippen molar-refractivity contribution in [3.05, 3.63) is 0 Å². The lowest BCUT2D eigenvalue weighted by Gasteiger charge is -2.34. The van der Waals surface area contributed by atoms with E-state index in [1.807, 2.05) is 4.90 Å². The highest BCUT2D eigenvalue weighted by Gasteiger charge is 2.41. The van der Waals surface area contributed by atoms with E-state index in [4.69, 9.17) is 0 Å². The fourth-order valence-electron chi connectivity index (χ4n) is 2.89. The number of nitrogens with one attached hydrogen (secondary N) is 1. The average molecular weight is 294 g/mol. The summed E-state index contributed by atoms with van der Waals surface area (Å²) in [6, 6.07) is 0.512. The fourth-order valence-corrected chi connectivity index (χ4v) is 2.89. The molecule has 1 heterocycles. The van der Waals surface area contributed by atoms with Gasteiger partial charge in [0.2, 0.25) is 0 Å². The monoisotopic (exact) mass is 294 g/mol. The molecule has 1 aliphatic heterocycles. The maximum atomic E-state index is 12.7. The van der Waals surface area contributed by atoms with Gasteiger partial charge in [-0.05, 0) is 58.2 Å². The Labute approximate surface area is 121 Å². The molecule has 1 fully saturated rings. The van der Waals surface area contributed by atoms with Crippen molar-refractivity contribution in [2.75, 3.05) is 26.2 Å². The summed E-state index contributed by atoms with van der Waals surface area (Å²) in [5.41, 5.74) is 0. The zero-order valence-corrected chi connectivity index (χ0v) is 12.8. The molecule has 20 heavy (non-hydrogen) atoms. The highest BCUT2D eigenvalue weighted by molar-refractivity contribution is 4.78. The van der Waals surface area contributed by atoms with E-state index in [2.05, 4.69) is 19.2 Å². The summed E-state index contributed by atoms with van der Waals surface area (Å²) in [6.45, 7) is 7.16. The van der Waals surface area contributed by atoms with Crippen LogP contribution in [0.25, 0.3) is 0 Å². The molecule has 0 aliphatic carbocycles. The largest absolute Gasteiger partial charge is 0.393 e. The number of piperidine rings is 1. The van der Waals surface area contributed by atoms with Gasteiger partial charge in [0.25, 0.3) is 0 Å². The van der Waals surface area contributed by atoms with Crippen molar-refractivity contribution in [1.82, 2.24) is 10.2 Å². The second kappa shape index (κ2) is 8.88. The summed E-state index contributed by atoms with van der Waals surface area (Å²) < 4.78 is 38.2. The van der Waals surface area contributed by atoms with Crippen molar-refractivity contribution in [3.63, 3.8) is 0 Å². The number of hydrogen-bond donors (Lipinski definition) is 1. The third kappa shape index (κ3) is 6.44. The SMILES string of the molecule is CCCNC(CC)CCCN1CCCC(C(F)(F)F)C1. The Morgan fingerprint density at radius 3 is 2.65 bits per heavy atom. The first kappa shape index (κ1) is 17.8. The van der Waals surface area contributed by atoms with E-state index in [-0.39, 0.29) is 6.54 Å². The standard InChI is InChI=1S/C15H29F3N2/c1-3-9-19-14(4-2)8-6-11-20-10-5-7-13(12-20)15(16,17)18/h13-14,19H,3-12H2,1-2H3. The molecule has 1 aliphatic rings. The molecule has 1 rings (SSSR count). The van der Waals surface area contributed by atoms with Gasteiger partial charge in [-0.15, -0.1) is 0 Å². The highest BCUT2D eigenvalue weighted by Crippen LogP contribution is 2.33. The molecule has 1 N–H and O–H groups in total. The Bertz CT molecular complexity index is 256. The number of alkyl halides is 3. The van der Waals surface area contributed by atoms with Crippen molar-refractivity contribution < 1.29 is 13.2 Å². The molecule has 0 aromatic heterocycles. The first-order valence-corrected chi connectivity index (χ1v) is 7.99. The van der Waals surface area contributed by atoms with Gasteiger partial charge < -0.3 is 10.2 Å². The minimum Gasteiger partial charge on any atom is -0.314 e. The van der Waals surface area contributed by atoms with Gasteiger partial charge in [-0.3, -0.25) is 0 Å². The second-order valence-corrected chi connectivity index (χ2v) is 5.88. The molecule has 0 amide bonds. The Hall–Kier alpha value is -0.290. The van der Waals surface area contributed by atoms with Crippen molar-refractivity contribution in [1.29, 1.82) is 0 Å². The van der Waals surface area contributed by atoms with E-state index in [9.17, 15) is 13.2 Å². The predicted molar refractivity (Wildman–Crippen MR) is 76.8 cm³/mol. The van der Waals surface area contributed by atoms with Crippen LogP contribution in [0.3, 0.4) is 0 Å². The number of likely N-dealkylation sites (tertiary alicyclic amines) is 1. The maximum absolute atomic E-state index is 12.7. The van der Waals surface area contributed by atoms with E-state index in [0.29, 0.717) is 18.9 Å². The summed E-state index contributed by atoms with van der Waals surface area (Å²) in [4.78, 5) is 1.99. The summed E-state index contributed by atoms with van der Waals surface area (Å²) >= 11 is 0. The fraction of sp³-hybridized carbons (Fsp3) is 1.00. The van der Waals surface area contributed by atoms with Gasteiger partial charge in [-0.25, -0.2) is 0 Å². The molecule has 2 nitrogen and oxygen atoms in total. The Morgan fingerprint density at radius 2 is 2.05 bits per heavy atom. The van der Waals surface area contributed by atoms with Crippen LogP contribution >= 0.6 is 0 Å². The molecule has 0 spiro atoms. The molecule has 0 aromatic rings. The molecule has 0 bridgehead atoms. The normalized spacial score (nSPS) is 22.9. The molecule has 1 saturated heterocycles. The van der Waals surface area contributed by atoms with Crippen LogP contribution in [0, 0.1) is 5.92 Å². The summed E-state index contributed by atoms with van der Waals surface area (Å²) in [7, 11) is 0. The third-order valence-corrected chi connectivity index (χ3v) is 4.17. The molecule has 0 saturated carbocycles. The molecule has 2 atom stereocenters. The van der Waals surface area contributed by atoms with Gasteiger partial charge in [0.05, 0.1) is 5.92 Å². The highest BCUT2D eigenvalue weighted by atomic mass is 19.4. The molecule has 5 heteroatoms. The molecular weight excluding hydrogens is 265 g/mol. The number of rotatable bonds is 8. The summed E-state index contributed by atoms with van der Waals surface area (Å²) in [5, 5.41) is 3.49. The van der Waals surface area contributed by atoms with Crippen LogP contribution in [0.5, 0.6) is 0 Å². The lowest BCUT2D eigenvalue weighted by atomic mass is 9.97. The average Bonchev–Trinajstić information content (AvgIpc) is 2.42. The predicted octanol–water partition coefficient (Wildman–Crippen LogP) is 3.82. The first-order chi connectivity index (χ1) is 9.47. The maximum Gasteiger partial charge on any atom is 0.393 e. The Morgan fingerprint density at radius 1 is 1.30 bits per heavy atom. The first-order valence-electron chi connectivity index (χ1n) is 7.99. The number of nitrogens with zero attached hydrogens (tertiary/aromatic N) is 1. The van der Waals surface area contributed by atoms with Gasteiger partial charge in [-0.1, -0.05) is 13.8 Å². The van der Waals surface area contributed by atoms with Crippen molar-refractivity contribution in [3.8, 4) is 0 Å². The number of halogens is 3. The Kier molecular flexibility index (Phi) is 7.88. The molecule has 0 radical (unpaired) electrons. The zero-order chi connectivity index (χ0) is 15.0. The van der Waals surface area contributed by atoms with Crippen LogP contribution in [-0.4, -0.2) is 43.3 Å². The van der Waals surface area contributed by atoms with Crippen LogP contribution in [0.1, 0.15) is 52.4 Å².